The molecular weight excluding hydrogens is 360 g/mol. The van der Waals surface area contributed by atoms with Gasteiger partial charge in [-0.05, 0) is 13.0 Å². The average Bonchev–Trinajstić information content (AvgIpc) is 2.55. The molecule has 0 spiro atoms. The van der Waals surface area contributed by atoms with Crippen LogP contribution in [-0.4, -0.2) is 109 Å². The van der Waals surface area contributed by atoms with Gasteiger partial charge in [-0.25, -0.2) is 0 Å². The number of carboxylic acids is 3. The molecule has 10 nitrogen and oxygen atoms in total. The van der Waals surface area contributed by atoms with E-state index in [-0.39, 0.29) is 32.8 Å². The van der Waals surface area contributed by atoms with Crippen LogP contribution in [0.1, 0.15) is 26.2 Å². The molecule has 158 valence electrons. The van der Waals surface area contributed by atoms with Crippen molar-refractivity contribution in [3.05, 3.63) is 0 Å². The number of aliphatic carboxylic acids is 3. The molecule has 3 N–H and O–H groups in total. The predicted molar refractivity (Wildman–Crippen MR) is 97.0 cm³/mol. The standard InChI is InChI=1S/C17H32N2O8/c1-2-3-4-5-18(12-15(20)21)6-8-26-10-11-27-9-7-19(13-16(22)23)14-17(24)25/h2-14H2,1H3,(H,20,21)(H,22,23)(H,24,25). The lowest BCUT2D eigenvalue weighted by Gasteiger charge is -2.20. The Morgan fingerprint density at radius 3 is 1.56 bits per heavy atom. The lowest BCUT2D eigenvalue weighted by molar-refractivity contribution is -0.142. The zero-order valence-electron chi connectivity index (χ0n) is 16.0. The summed E-state index contributed by atoms with van der Waals surface area (Å²) in [5, 5.41) is 26.4. The van der Waals surface area contributed by atoms with Crippen molar-refractivity contribution in [3.8, 4) is 0 Å². The maximum atomic E-state index is 10.9. The van der Waals surface area contributed by atoms with Crippen LogP contribution in [-0.2, 0) is 23.9 Å². The molecule has 27 heavy (non-hydrogen) atoms. The van der Waals surface area contributed by atoms with Crippen LogP contribution in [0.4, 0.5) is 0 Å². The second-order valence-corrected chi connectivity index (χ2v) is 6.10. The Labute approximate surface area is 159 Å². The van der Waals surface area contributed by atoms with E-state index in [9.17, 15) is 14.4 Å². The second kappa shape index (κ2) is 16.4. The summed E-state index contributed by atoms with van der Waals surface area (Å²) in [6.45, 7) is 4.04. The monoisotopic (exact) mass is 392 g/mol. The van der Waals surface area contributed by atoms with Crippen molar-refractivity contribution in [2.24, 2.45) is 0 Å². The van der Waals surface area contributed by atoms with E-state index in [1.807, 2.05) is 4.90 Å². The molecule has 0 aromatic carbocycles. The van der Waals surface area contributed by atoms with E-state index >= 15 is 0 Å². The Balaban J connectivity index is 3.81. The summed E-state index contributed by atoms with van der Waals surface area (Å²) in [6.07, 6.45) is 3.09. The number of rotatable bonds is 19. The molecule has 0 aliphatic heterocycles. The quantitative estimate of drug-likeness (QED) is 0.259. The Bertz CT molecular complexity index is 417. The zero-order valence-corrected chi connectivity index (χ0v) is 16.0. The molecule has 0 saturated heterocycles. The normalized spacial score (nSPS) is 11.2. The minimum Gasteiger partial charge on any atom is -0.480 e. The lowest BCUT2D eigenvalue weighted by Crippen LogP contribution is -2.37. The van der Waals surface area contributed by atoms with Crippen molar-refractivity contribution < 1.29 is 39.2 Å². The van der Waals surface area contributed by atoms with Crippen LogP contribution in [0, 0.1) is 0 Å². The molecule has 0 aliphatic carbocycles. The van der Waals surface area contributed by atoms with E-state index in [0.29, 0.717) is 26.4 Å². The van der Waals surface area contributed by atoms with Gasteiger partial charge < -0.3 is 24.8 Å². The van der Waals surface area contributed by atoms with Crippen LogP contribution in [0.2, 0.25) is 0 Å². The highest BCUT2D eigenvalue weighted by molar-refractivity contribution is 5.72. The Hall–Kier alpha value is -1.75. The molecule has 0 rings (SSSR count). The number of carboxylic acid groups (broad SMARTS) is 3. The van der Waals surface area contributed by atoms with Gasteiger partial charge in [-0.2, -0.15) is 0 Å². The third-order valence-corrected chi connectivity index (χ3v) is 3.63. The Kier molecular flexibility index (Phi) is 15.4. The van der Waals surface area contributed by atoms with Crippen molar-refractivity contribution in [2.75, 3.05) is 65.7 Å². The molecule has 0 aromatic heterocycles. The van der Waals surface area contributed by atoms with Crippen LogP contribution in [0.15, 0.2) is 0 Å². The molecule has 0 radical (unpaired) electrons. The van der Waals surface area contributed by atoms with E-state index in [2.05, 4.69) is 6.92 Å². The first-order valence-corrected chi connectivity index (χ1v) is 9.10. The Morgan fingerprint density at radius 1 is 0.667 bits per heavy atom. The highest BCUT2D eigenvalue weighted by atomic mass is 16.5. The van der Waals surface area contributed by atoms with Gasteiger partial charge in [0.1, 0.15) is 0 Å². The minimum absolute atomic E-state index is 0.00738. The molecule has 0 aromatic rings. The first kappa shape index (κ1) is 25.2. The van der Waals surface area contributed by atoms with Gasteiger partial charge in [0.2, 0.25) is 0 Å². The topological polar surface area (TPSA) is 137 Å². The predicted octanol–water partition coefficient (Wildman–Crippen LogP) is 0.0676. The smallest absolute Gasteiger partial charge is 0.317 e. The van der Waals surface area contributed by atoms with E-state index in [1.165, 1.54) is 4.90 Å². The van der Waals surface area contributed by atoms with Gasteiger partial charge in [0.25, 0.3) is 0 Å². The molecule has 0 bridgehead atoms. The van der Waals surface area contributed by atoms with Gasteiger partial charge in [0, 0.05) is 13.1 Å². The Morgan fingerprint density at radius 2 is 1.11 bits per heavy atom. The van der Waals surface area contributed by atoms with Crippen LogP contribution in [0.25, 0.3) is 0 Å². The SMILES string of the molecule is CCCCCN(CCOCCOCCN(CC(=O)O)CC(=O)O)CC(=O)O. The van der Waals surface area contributed by atoms with Gasteiger partial charge in [-0.1, -0.05) is 19.8 Å². The average molecular weight is 392 g/mol. The number of carbonyl (C=O) groups is 3. The lowest BCUT2D eigenvalue weighted by atomic mass is 10.2. The van der Waals surface area contributed by atoms with Crippen molar-refractivity contribution in [1.29, 1.82) is 0 Å². The summed E-state index contributed by atoms with van der Waals surface area (Å²) in [4.78, 5) is 35.3. The third-order valence-electron chi connectivity index (χ3n) is 3.63. The maximum absolute atomic E-state index is 10.9. The van der Waals surface area contributed by atoms with Crippen LogP contribution < -0.4 is 0 Å². The summed E-state index contributed by atoms with van der Waals surface area (Å²) in [6, 6.07) is 0. The first-order chi connectivity index (χ1) is 12.8. The fraction of sp³-hybridized carbons (Fsp3) is 0.824. The minimum atomic E-state index is -1.09. The molecule has 0 saturated carbocycles. The largest absolute Gasteiger partial charge is 0.480 e. The van der Waals surface area contributed by atoms with Crippen molar-refractivity contribution in [1.82, 2.24) is 9.80 Å². The van der Waals surface area contributed by atoms with Crippen LogP contribution in [0.5, 0.6) is 0 Å². The van der Waals surface area contributed by atoms with Crippen LogP contribution in [0.3, 0.4) is 0 Å². The molecule has 0 fully saturated rings. The van der Waals surface area contributed by atoms with Gasteiger partial charge >= 0.3 is 17.9 Å². The number of ether oxygens (including phenoxy) is 2. The highest BCUT2D eigenvalue weighted by Crippen LogP contribution is 1.98. The fourth-order valence-corrected chi connectivity index (χ4v) is 2.35. The van der Waals surface area contributed by atoms with Crippen LogP contribution >= 0.6 is 0 Å². The summed E-state index contributed by atoms with van der Waals surface area (Å²) in [7, 11) is 0. The summed E-state index contributed by atoms with van der Waals surface area (Å²) < 4.78 is 10.7. The third kappa shape index (κ3) is 17.4. The fourth-order valence-electron chi connectivity index (χ4n) is 2.35. The molecule has 0 heterocycles. The van der Waals surface area contributed by atoms with Gasteiger partial charge in [0.05, 0.1) is 46.1 Å². The summed E-state index contributed by atoms with van der Waals surface area (Å²) >= 11 is 0. The highest BCUT2D eigenvalue weighted by Gasteiger charge is 2.13. The van der Waals surface area contributed by atoms with Crippen molar-refractivity contribution in [2.45, 2.75) is 26.2 Å². The van der Waals surface area contributed by atoms with E-state index in [0.717, 1.165) is 25.8 Å². The molecule has 0 amide bonds. The number of unbranched alkanes of at least 4 members (excludes halogenated alkanes) is 2. The summed E-state index contributed by atoms with van der Waals surface area (Å²) in [5.41, 5.74) is 0. The zero-order chi connectivity index (χ0) is 20.5. The molecule has 0 aliphatic rings. The maximum Gasteiger partial charge on any atom is 0.317 e. The molecule has 0 atom stereocenters. The molecular formula is C17H32N2O8. The van der Waals surface area contributed by atoms with Gasteiger partial charge in [0.15, 0.2) is 0 Å². The number of nitrogens with zero attached hydrogens (tertiary/aromatic N) is 2. The second-order valence-electron chi connectivity index (χ2n) is 6.10. The first-order valence-electron chi connectivity index (χ1n) is 9.10. The van der Waals surface area contributed by atoms with Gasteiger partial charge in [-0.15, -0.1) is 0 Å². The van der Waals surface area contributed by atoms with E-state index < -0.39 is 17.9 Å². The van der Waals surface area contributed by atoms with Crippen molar-refractivity contribution in [3.63, 3.8) is 0 Å². The van der Waals surface area contributed by atoms with Gasteiger partial charge in [-0.3, -0.25) is 24.2 Å². The summed E-state index contributed by atoms with van der Waals surface area (Å²) in [5.74, 6) is -3.05. The number of hydrogen-bond acceptors (Lipinski definition) is 7. The van der Waals surface area contributed by atoms with E-state index in [4.69, 9.17) is 24.8 Å². The van der Waals surface area contributed by atoms with E-state index in [1.54, 1.807) is 0 Å². The number of hydrogen-bond donors (Lipinski definition) is 3. The molecule has 0 unspecified atom stereocenters. The van der Waals surface area contributed by atoms with Crippen molar-refractivity contribution >= 4 is 17.9 Å². The molecule has 10 heteroatoms.